The topological polar surface area (TPSA) is 26.0 Å². The summed E-state index contributed by atoms with van der Waals surface area (Å²) in [5.74, 6) is 0. The minimum absolute atomic E-state index is 0.0390. The van der Waals surface area contributed by atoms with Gasteiger partial charge in [-0.3, -0.25) is 0 Å². The standard InChI is InChI=1S/C22H21N/c1-22(2,3)20-13-19-15(12-21(20)23)9-11-17-16-7-5-4-6-14(16)8-10-18(17)19/h4-13H,23H2,1-3H3. The molecule has 2 N–H and O–H groups in total. The van der Waals surface area contributed by atoms with Crippen LogP contribution in [0.2, 0.25) is 0 Å². The minimum atomic E-state index is 0.0390. The molecule has 1 heteroatoms. The van der Waals surface area contributed by atoms with Gasteiger partial charge in [0, 0.05) is 5.69 Å². The molecule has 4 aromatic carbocycles. The van der Waals surface area contributed by atoms with Gasteiger partial charge in [-0.2, -0.15) is 0 Å². The zero-order valence-corrected chi connectivity index (χ0v) is 13.9. The Morgan fingerprint density at radius 2 is 1.30 bits per heavy atom. The number of nitrogens with two attached hydrogens (primary N) is 1. The van der Waals surface area contributed by atoms with Gasteiger partial charge in [0.05, 0.1) is 0 Å². The van der Waals surface area contributed by atoms with Gasteiger partial charge in [-0.05, 0) is 55.4 Å². The van der Waals surface area contributed by atoms with Crippen LogP contribution in [0.15, 0.2) is 60.7 Å². The summed E-state index contributed by atoms with van der Waals surface area (Å²) in [4.78, 5) is 0. The van der Waals surface area contributed by atoms with Gasteiger partial charge in [0.1, 0.15) is 0 Å². The van der Waals surface area contributed by atoms with E-state index in [4.69, 9.17) is 5.73 Å². The van der Waals surface area contributed by atoms with Gasteiger partial charge >= 0.3 is 0 Å². The lowest BCUT2D eigenvalue weighted by Gasteiger charge is -2.22. The Morgan fingerprint density at radius 1 is 0.652 bits per heavy atom. The first-order valence-corrected chi connectivity index (χ1v) is 8.09. The number of hydrogen-bond donors (Lipinski definition) is 1. The largest absolute Gasteiger partial charge is 0.398 e. The summed E-state index contributed by atoms with van der Waals surface area (Å²) in [7, 11) is 0. The highest BCUT2D eigenvalue weighted by Crippen LogP contribution is 2.36. The maximum absolute atomic E-state index is 6.31. The predicted octanol–water partition coefficient (Wildman–Crippen LogP) is 6.03. The van der Waals surface area contributed by atoms with Gasteiger partial charge < -0.3 is 5.73 Å². The lowest BCUT2D eigenvalue weighted by atomic mass is 9.83. The van der Waals surface area contributed by atoms with Gasteiger partial charge in [0.15, 0.2) is 0 Å². The third-order valence-corrected chi connectivity index (χ3v) is 4.72. The minimum Gasteiger partial charge on any atom is -0.398 e. The first-order chi connectivity index (χ1) is 10.9. The summed E-state index contributed by atoms with van der Waals surface area (Å²) in [6, 6.07) is 21.8. The van der Waals surface area contributed by atoms with Crippen molar-refractivity contribution in [3.05, 3.63) is 66.2 Å². The molecule has 23 heavy (non-hydrogen) atoms. The second-order valence-corrected chi connectivity index (χ2v) is 7.36. The second-order valence-electron chi connectivity index (χ2n) is 7.36. The SMILES string of the molecule is CC(C)(C)c1cc2c(ccc3c4ccccc4ccc23)cc1N. The third-order valence-electron chi connectivity index (χ3n) is 4.72. The molecule has 0 fully saturated rings. The summed E-state index contributed by atoms with van der Waals surface area (Å²) < 4.78 is 0. The van der Waals surface area contributed by atoms with Gasteiger partial charge in [-0.25, -0.2) is 0 Å². The van der Waals surface area contributed by atoms with Gasteiger partial charge in [-0.15, -0.1) is 0 Å². The van der Waals surface area contributed by atoms with Crippen LogP contribution in [0.5, 0.6) is 0 Å². The molecule has 0 atom stereocenters. The first-order valence-electron chi connectivity index (χ1n) is 8.09. The third kappa shape index (κ3) is 2.16. The fourth-order valence-electron chi connectivity index (χ4n) is 3.54. The van der Waals surface area contributed by atoms with Crippen molar-refractivity contribution in [3.8, 4) is 0 Å². The lowest BCUT2D eigenvalue weighted by Crippen LogP contribution is -2.13. The fourth-order valence-corrected chi connectivity index (χ4v) is 3.54. The Bertz CT molecular complexity index is 1050. The quantitative estimate of drug-likeness (QED) is 0.311. The lowest BCUT2D eigenvalue weighted by molar-refractivity contribution is 0.593. The van der Waals surface area contributed by atoms with E-state index < -0.39 is 0 Å². The van der Waals surface area contributed by atoms with Crippen LogP contribution in [0.25, 0.3) is 32.3 Å². The molecule has 0 bridgehead atoms. The summed E-state index contributed by atoms with van der Waals surface area (Å²) in [5, 5.41) is 7.68. The Hall–Kier alpha value is -2.54. The molecule has 0 spiro atoms. The maximum atomic E-state index is 6.31. The van der Waals surface area contributed by atoms with E-state index in [1.807, 2.05) is 0 Å². The molecule has 0 saturated heterocycles. The van der Waals surface area contributed by atoms with Crippen LogP contribution in [0.4, 0.5) is 5.69 Å². The van der Waals surface area contributed by atoms with E-state index in [-0.39, 0.29) is 5.41 Å². The van der Waals surface area contributed by atoms with Gasteiger partial charge in [-0.1, -0.05) is 69.3 Å². The second kappa shape index (κ2) is 4.73. The van der Waals surface area contributed by atoms with Gasteiger partial charge in [0.25, 0.3) is 0 Å². The van der Waals surface area contributed by atoms with E-state index in [2.05, 4.69) is 81.4 Å². The fraction of sp³-hybridized carbons (Fsp3) is 0.182. The molecule has 0 amide bonds. The summed E-state index contributed by atoms with van der Waals surface area (Å²) in [5.41, 5.74) is 8.44. The van der Waals surface area contributed by atoms with Crippen molar-refractivity contribution in [1.82, 2.24) is 0 Å². The monoisotopic (exact) mass is 299 g/mol. The van der Waals surface area contributed by atoms with Crippen molar-refractivity contribution in [2.45, 2.75) is 26.2 Å². The number of rotatable bonds is 0. The maximum Gasteiger partial charge on any atom is 0.0358 e. The number of anilines is 1. The molecule has 0 heterocycles. The molecule has 0 aliphatic rings. The van der Waals surface area contributed by atoms with E-state index >= 15 is 0 Å². The van der Waals surface area contributed by atoms with Gasteiger partial charge in [0.2, 0.25) is 0 Å². The Balaban J connectivity index is 2.17. The summed E-state index contributed by atoms with van der Waals surface area (Å²) >= 11 is 0. The summed E-state index contributed by atoms with van der Waals surface area (Å²) in [6.07, 6.45) is 0. The average Bonchev–Trinajstić information content (AvgIpc) is 2.52. The van der Waals surface area contributed by atoms with Crippen molar-refractivity contribution in [1.29, 1.82) is 0 Å². The number of fused-ring (bicyclic) bond motifs is 5. The van der Waals surface area contributed by atoms with Crippen molar-refractivity contribution in [3.63, 3.8) is 0 Å². The van der Waals surface area contributed by atoms with Crippen LogP contribution >= 0.6 is 0 Å². The molecule has 0 aromatic heterocycles. The van der Waals surface area contributed by atoms with E-state index in [0.29, 0.717) is 0 Å². The van der Waals surface area contributed by atoms with E-state index in [1.165, 1.54) is 37.9 Å². The molecule has 1 nitrogen and oxygen atoms in total. The molecule has 4 rings (SSSR count). The number of nitrogen functional groups attached to an aromatic ring is 1. The number of benzene rings is 4. The molecule has 4 aromatic rings. The normalized spacial score (nSPS) is 12.3. The van der Waals surface area contributed by atoms with Crippen molar-refractivity contribution < 1.29 is 0 Å². The molecular weight excluding hydrogens is 278 g/mol. The van der Waals surface area contributed by atoms with Crippen LogP contribution in [0, 0.1) is 0 Å². The highest BCUT2D eigenvalue weighted by Gasteiger charge is 2.18. The zero-order valence-electron chi connectivity index (χ0n) is 13.9. The predicted molar refractivity (Wildman–Crippen MR) is 102 cm³/mol. The van der Waals surface area contributed by atoms with E-state index in [9.17, 15) is 0 Å². The smallest absolute Gasteiger partial charge is 0.0358 e. The van der Waals surface area contributed by atoms with Crippen LogP contribution in [-0.2, 0) is 5.41 Å². The number of hydrogen-bond acceptors (Lipinski definition) is 1. The van der Waals surface area contributed by atoms with Crippen LogP contribution in [-0.4, -0.2) is 0 Å². The highest BCUT2D eigenvalue weighted by atomic mass is 14.6. The van der Waals surface area contributed by atoms with E-state index in [1.54, 1.807) is 0 Å². The molecule has 0 aliphatic carbocycles. The Labute approximate surface area is 136 Å². The van der Waals surface area contributed by atoms with Crippen molar-refractivity contribution >= 4 is 38.0 Å². The first kappa shape index (κ1) is 14.1. The highest BCUT2D eigenvalue weighted by molar-refractivity contribution is 6.17. The molecule has 0 radical (unpaired) electrons. The zero-order chi connectivity index (χ0) is 16.2. The van der Waals surface area contributed by atoms with Crippen LogP contribution in [0.1, 0.15) is 26.3 Å². The molecule has 0 saturated carbocycles. The molecule has 0 aliphatic heterocycles. The van der Waals surface area contributed by atoms with Crippen molar-refractivity contribution in [2.24, 2.45) is 0 Å². The molecule has 114 valence electrons. The van der Waals surface area contributed by atoms with E-state index in [0.717, 1.165) is 5.69 Å². The Kier molecular flexibility index (Phi) is 2.89. The van der Waals surface area contributed by atoms with Crippen molar-refractivity contribution in [2.75, 3.05) is 5.73 Å². The molecule has 0 unspecified atom stereocenters. The van der Waals surface area contributed by atoms with Crippen LogP contribution < -0.4 is 5.73 Å². The summed E-state index contributed by atoms with van der Waals surface area (Å²) in [6.45, 7) is 6.64. The molecular formula is C22H21N. The average molecular weight is 299 g/mol. The van der Waals surface area contributed by atoms with Crippen LogP contribution in [0.3, 0.4) is 0 Å². The Morgan fingerprint density at radius 3 is 2.04 bits per heavy atom.